The van der Waals surface area contributed by atoms with Gasteiger partial charge >= 0.3 is 0 Å². The average Bonchev–Trinajstić information content (AvgIpc) is 3.74. The minimum absolute atomic E-state index is 0.436. The number of para-hydroxylation sites is 1. The van der Waals surface area contributed by atoms with Crippen molar-refractivity contribution < 1.29 is 14.0 Å². The van der Waals surface area contributed by atoms with Gasteiger partial charge in [-0.15, -0.1) is 0 Å². The Hall–Kier alpha value is -7.13. The second-order valence-electron chi connectivity index (χ2n) is 15.9. The van der Waals surface area contributed by atoms with Crippen LogP contribution in [-0.2, 0) is 9.98 Å². The summed E-state index contributed by atoms with van der Waals surface area (Å²) in [6.45, 7) is 0. The molecule has 0 saturated carbocycles. The molecule has 2 aliphatic carbocycles. The van der Waals surface area contributed by atoms with Gasteiger partial charge in [0.1, 0.15) is 28.3 Å². The summed E-state index contributed by atoms with van der Waals surface area (Å²) >= 11 is 0. The number of rotatable bonds is 2. The third kappa shape index (κ3) is 3.54. The van der Waals surface area contributed by atoms with Crippen LogP contribution in [0.25, 0.3) is 44.2 Å². The first-order chi connectivity index (χ1) is 28.6. The molecule has 5 aliphatic rings. The highest BCUT2D eigenvalue weighted by molar-refractivity contribution is 7.87. The molecule has 0 fully saturated rings. The van der Waals surface area contributed by atoms with Gasteiger partial charge < -0.3 is 18.9 Å². The second-order valence-corrected chi connectivity index (χ2v) is 18.4. The molecule has 0 saturated heterocycles. The summed E-state index contributed by atoms with van der Waals surface area (Å²) in [4.78, 5) is 2.23. The molecular weight excluding hydrogens is 730 g/mol. The minimum Gasteiger partial charge on any atom is -0.456 e. The predicted molar refractivity (Wildman–Crippen MR) is 233 cm³/mol. The van der Waals surface area contributed by atoms with Crippen LogP contribution in [0.5, 0.6) is 23.0 Å². The molecule has 14 rings (SSSR count). The lowest BCUT2D eigenvalue weighted by Crippen LogP contribution is -2.42. The second kappa shape index (κ2) is 10.6. The third-order valence-corrected chi connectivity index (χ3v) is 16.4. The Labute approximate surface area is 334 Å². The monoisotopic (exact) mass is 759 g/mol. The molecule has 1 unspecified atom stereocenters. The standard InChI is InChI=1S/C53H30NO3P/c55-58-50-43-20-10-21-45(50)56-46-22-11-23-47(52(46)58)57-48-30-33(29-44(51(48)58)54(43)34-12-2-1-3-13-34)31-24-26-35-32(28-31)25-27-39-38-16-6-9-19-42(38)53(49(35)39)40-17-7-4-14-36(40)37-15-5-8-18-41(37)53/h1-30H. The van der Waals surface area contributed by atoms with Gasteiger partial charge in [0, 0.05) is 5.69 Å². The SMILES string of the molecule is O=P12c3c4cccc3Oc3cc(-c5ccc6c7c(ccc6c5)-c5ccccc5C75c6ccccc6-c6ccccc65)cc(c31)N(c1ccccc1)c1cccc(c12)O4. The van der Waals surface area contributed by atoms with Crippen molar-refractivity contribution in [3.05, 3.63) is 204 Å². The van der Waals surface area contributed by atoms with Gasteiger partial charge in [0.25, 0.3) is 0 Å². The molecule has 0 N–H and O–H groups in total. The van der Waals surface area contributed by atoms with E-state index in [-0.39, 0.29) is 0 Å². The number of fused-ring (bicyclic) bond motifs is 12. The van der Waals surface area contributed by atoms with Gasteiger partial charge in [0.15, 0.2) is 7.14 Å². The van der Waals surface area contributed by atoms with Crippen molar-refractivity contribution in [2.45, 2.75) is 5.41 Å². The molecule has 1 atom stereocenters. The summed E-state index contributed by atoms with van der Waals surface area (Å²) in [5.41, 5.74) is 14.8. The van der Waals surface area contributed by atoms with E-state index < -0.39 is 12.6 Å². The number of nitrogens with zero attached hydrogens (tertiary/aromatic N) is 1. The lowest BCUT2D eigenvalue weighted by molar-refractivity contribution is 0.461. The van der Waals surface area contributed by atoms with Crippen LogP contribution in [0.15, 0.2) is 182 Å². The zero-order chi connectivity index (χ0) is 37.9. The van der Waals surface area contributed by atoms with Crippen LogP contribution in [0.3, 0.4) is 0 Å². The lowest BCUT2D eigenvalue weighted by atomic mass is 9.69. The van der Waals surface area contributed by atoms with Crippen LogP contribution in [0.4, 0.5) is 17.1 Å². The van der Waals surface area contributed by atoms with E-state index in [1.165, 1.54) is 55.3 Å². The van der Waals surface area contributed by atoms with Gasteiger partial charge in [0.05, 0.1) is 27.4 Å². The fraction of sp³-hybridized carbons (Fsp3) is 0.0189. The highest BCUT2D eigenvalue weighted by Crippen LogP contribution is 2.66. The van der Waals surface area contributed by atoms with E-state index >= 15 is 4.57 Å². The molecule has 0 amide bonds. The Kier molecular flexibility index (Phi) is 5.68. The molecule has 0 bridgehead atoms. The summed E-state index contributed by atoms with van der Waals surface area (Å²) < 4.78 is 29.4. The molecule has 3 aliphatic heterocycles. The molecule has 0 radical (unpaired) electrons. The van der Waals surface area contributed by atoms with E-state index in [4.69, 9.17) is 9.47 Å². The topological polar surface area (TPSA) is 38.8 Å². The van der Waals surface area contributed by atoms with Gasteiger partial charge in [0.2, 0.25) is 0 Å². The summed E-state index contributed by atoms with van der Waals surface area (Å²) in [5, 5.41) is 4.50. The van der Waals surface area contributed by atoms with E-state index in [1.54, 1.807) is 0 Å². The van der Waals surface area contributed by atoms with E-state index in [9.17, 15) is 0 Å². The van der Waals surface area contributed by atoms with Crippen molar-refractivity contribution in [3.63, 3.8) is 0 Å². The Morgan fingerprint density at radius 3 is 1.72 bits per heavy atom. The quantitative estimate of drug-likeness (QED) is 0.165. The molecule has 1 spiro atoms. The number of benzene rings is 9. The van der Waals surface area contributed by atoms with Gasteiger partial charge in [-0.1, -0.05) is 127 Å². The van der Waals surface area contributed by atoms with Crippen LogP contribution in [-0.4, -0.2) is 0 Å². The fourth-order valence-electron chi connectivity index (χ4n) is 11.1. The van der Waals surface area contributed by atoms with Crippen molar-refractivity contribution >= 4 is 50.9 Å². The number of anilines is 3. The molecule has 9 aromatic rings. The van der Waals surface area contributed by atoms with E-state index in [2.05, 4.69) is 138 Å². The summed E-state index contributed by atoms with van der Waals surface area (Å²) in [7, 11) is -3.39. The van der Waals surface area contributed by atoms with Gasteiger partial charge in [-0.05, 0) is 121 Å². The number of ether oxygens (including phenoxy) is 2. The largest absolute Gasteiger partial charge is 0.456 e. The normalized spacial score (nSPS) is 17.1. The highest BCUT2D eigenvalue weighted by atomic mass is 31.2. The maximum absolute atomic E-state index is 16.1. The first-order valence-electron chi connectivity index (χ1n) is 19.8. The zero-order valence-electron chi connectivity index (χ0n) is 30.9. The van der Waals surface area contributed by atoms with Gasteiger partial charge in [-0.25, -0.2) is 0 Å². The van der Waals surface area contributed by atoms with E-state index in [0.29, 0.717) is 28.3 Å². The van der Waals surface area contributed by atoms with Crippen molar-refractivity contribution in [1.29, 1.82) is 0 Å². The van der Waals surface area contributed by atoms with Crippen LogP contribution in [0, 0.1) is 0 Å². The van der Waals surface area contributed by atoms with Crippen molar-refractivity contribution in [2.24, 2.45) is 0 Å². The molecule has 270 valence electrons. The maximum atomic E-state index is 16.1. The highest BCUT2D eigenvalue weighted by Gasteiger charge is 2.54. The predicted octanol–water partition coefficient (Wildman–Crippen LogP) is 12.5. The van der Waals surface area contributed by atoms with Crippen molar-refractivity contribution in [2.75, 3.05) is 4.90 Å². The van der Waals surface area contributed by atoms with Crippen LogP contribution < -0.4 is 30.3 Å². The summed E-state index contributed by atoms with van der Waals surface area (Å²) in [6, 6.07) is 64.8. The van der Waals surface area contributed by atoms with Gasteiger partial charge in [-0.2, -0.15) is 0 Å². The Balaban J connectivity index is 1.03. The number of hydrogen-bond donors (Lipinski definition) is 0. The molecule has 0 aromatic heterocycles. The van der Waals surface area contributed by atoms with E-state index in [0.717, 1.165) is 38.8 Å². The van der Waals surface area contributed by atoms with Crippen LogP contribution in [0.1, 0.15) is 22.3 Å². The zero-order valence-corrected chi connectivity index (χ0v) is 31.8. The van der Waals surface area contributed by atoms with Crippen molar-refractivity contribution in [3.8, 4) is 56.4 Å². The smallest absolute Gasteiger partial charge is 0.189 e. The molecule has 3 heterocycles. The lowest BCUT2D eigenvalue weighted by Gasteiger charge is -2.43. The number of hydrogen-bond acceptors (Lipinski definition) is 4. The average molecular weight is 760 g/mol. The molecule has 5 heteroatoms. The summed E-state index contributed by atoms with van der Waals surface area (Å²) in [6.07, 6.45) is 0. The molecular formula is C53H30NO3P. The van der Waals surface area contributed by atoms with E-state index in [1.807, 2.05) is 48.5 Å². The molecule has 58 heavy (non-hydrogen) atoms. The Morgan fingerprint density at radius 1 is 0.431 bits per heavy atom. The van der Waals surface area contributed by atoms with Gasteiger partial charge in [-0.3, -0.25) is 0 Å². The van der Waals surface area contributed by atoms with Crippen LogP contribution in [0.2, 0.25) is 0 Å². The summed E-state index contributed by atoms with van der Waals surface area (Å²) in [5.74, 6) is 2.42. The minimum atomic E-state index is -3.39. The Morgan fingerprint density at radius 2 is 1.02 bits per heavy atom. The molecule has 4 nitrogen and oxygen atoms in total. The fourth-order valence-corrected chi connectivity index (χ4v) is 14.4. The van der Waals surface area contributed by atoms with Crippen LogP contribution >= 0.6 is 7.14 Å². The first-order valence-corrected chi connectivity index (χ1v) is 21.5. The molecule has 9 aromatic carbocycles. The third-order valence-electron chi connectivity index (χ3n) is 13.2. The van der Waals surface area contributed by atoms with Crippen molar-refractivity contribution in [1.82, 2.24) is 0 Å². The maximum Gasteiger partial charge on any atom is 0.189 e. The Bertz CT molecular complexity index is 3340. The first kappa shape index (κ1) is 31.0.